The summed E-state index contributed by atoms with van der Waals surface area (Å²) in [6, 6.07) is 0.0379. The highest BCUT2D eigenvalue weighted by Gasteiger charge is 2.33. The Balaban J connectivity index is 2.16. The molecule has 0 aromatic carbocycles. The van der Waals surface area contributed by atoms with Crippen LogP contribution in [0.25, 0.3) is 0 Å². The van der Waals surface area contributed by atoms with Gasteiger partial charge in [0.1, 0.15) is 6.17 Å². The lowest BCUT2D eigenvalue weighted by atomic mass is 10.1. The minimum atomic E-state index is 0.0379. The van der Waals surface area contributed by atoms with E-state index >= 15 is 0 Å². The highest BCUT2D eigenvalue weighted by Crippen LogP contribution is 2.18. The fourth-order valence-electron chi connectivity index (χ4n) is 1.19. The number of amides is 2. The quantitative estimate of drug-likeness (QED) is 0.505. The van der Waals surface area contributed by atoms with Crippen molar-refractivity contribution in [1.82, 2.24) is 10.2 Å². The van der Waals surface area contributed by atoms with Gasteiger partial charge in [-0.3, -0.25) is 4.90 Å². The molecular formula is C6H8N2O. The molecule has 3 nitrogen and oxygen atoms in total. The summed E-state index contributed by atoms with van der Waals surface area (Å²) in [5.74, 6) is 0. The number of fused-ring (bicyclic) bond motifs is 1. The van der Waals surface area contributed by atoms with Crippen LogP contribution in [-0.4, -0.2) is 17.1 Å². The monoisotopic (exact) mass is 124 g/mol. The van der Waals surface area contributed by atoms with Crippen LogP contribution in [0.3, 0.4) is 0 Å². The van der Waals surface area contributed by atoms with Crippen molar-refractivity contribution in [3.63, 3.8) is 0 Å². The van der Waals surface area contributed by atoms with E-state index in [9.17, 15) is 4.79 Å². The molecule has 1 N–H and O–H groups in total. The Morgan fingerprint density at radius 2 is 2.67 bits per heavy atom. The van der Waals surface area contributed by atoms with Crippen LogP contribution in [0.4, 0.5) is 4.79 Å². The van der Waals surface area contributed by atoms with E-state index in [1.807, 2.05) is 12.3 Å². The summed E-state index contributed by atoms with van der Waals surface area (Å²) in [7, 11) is 0. The van der Waals surface area contributed by atoms with Gasteiger partial charge in [-0.05, 0) is 12.8 Å². The number of carbonyl (C=O) groups is 1. The first kappa shape index (κ1) is 4.85. The van der Waals surface area contributed by atoms with E-state index in [1.54, 1.807) is 4.90 Å². The van der Waals surface area contributed by atoms with E-state index in [2.05, 4.69) is 5.32 Å². The number of hydrogen-bond acceptors (Lipinski definition) is 1. The van der Waals surface area contributed by atoms with E-state index in [0.29, 0.717) is 6.17 Å². The molecule has 2 aliphatic heterocycles. The highest BCUT2D eigenvalue weighted by molar-refractivity contribution is 5.81. The average molecular weight is 124 g/mol. The first-order valence-electron chi connectivity index (χ1n) is 3.13. The number of hydrogen-bond donors (Lipinski definition) is 1. The normalized spacial score (nSPS) is 30.9. The van der Waals surface area contributed by atoms with Gasteiger partial charge in [0.25, 0.3) is 0 Å². The third kappa shape index (κ3) is 0.542. The Hall–Kier alpha value is -0.990. The van der Waals surface area contributed by atoms with E-state index < -0.39 is 0 Å². The van der Waals surface area contributed by atoms with Crippen molar-refractivity contribution in [2.75, 3.05) is 0 Å². The van der Waals surface area contributed by atoms with E-state index in [1.165, 1.54) is 0 Å². The van der Waals surface area contributed by atoms with Crippen LogP contribution in [0.5, 0.6) is 0 Å². The first-order valence-corrected chi connectivity index (χ1v) is 3.13. The summed E-state index contributed by atoms with van der Waals surface area (Å²) in [6.07, 6.45) is 6.33. The van der Waals surface area contributed by atoms with E-state index in [-0.39, 0.29) is 6.03 Å². The third-order valence-electron chi connectivity index (χ3n) is 1.73. The lowest BCUT2D eigenvalue weighted by molar-refractivity contribution is 0.130. The molecule has 1 fully saturated rings. The van der Waals surface area contributed by atoms with Gasteiger partial charge in [-0.1, -0.05) is 6.08 Å². The average Bonchev–Trinajstić information content (AvgIpc) is 1.86. The first-order chi connectivity index (χ1) is 4.38. The maximum atomic E-state index is 10.6. The van der Waals surface area contributed by atoms with Gasteiger partial charge in [-0.2, -0.15) is 0 Å². The number of urea groups is 1. The molecule has 1 saturated heterocycles. The van der Waals surface area contributed by atoms with Crippen molar-refractivity contribution >= 4 is 6.03 Å². The maximum Gasteiger partial charge on any atom is 0.324 e. The number of rotatable bonds is 0. The van der Waals surface area contributed by atoms with Crippen LogP contribution >= 0.6 is 0 Å². The van der Waals surface area contributed by atoms with E-state index in [4.69, 9.17) is 0 Å². The molecule has 0 spiro atoms. The molecule has 0 aromatic heterocycles. The Bertz CT molecular complexity index is 176. The molecular weight excluding hydrogens is 116 g/mol. The fraction of sp³-hybridized carbons (Fsp3) is 0.500. The zero-order valence-electron chi connectivity index (χ0n) is 5.00. The summed E-state index contributed by atoms with van der Waals surface area (Å²) in [5, 5.41) is 2.78. The predicted octanol–water partition coefficient (Wildman–Crippen LogP) is 0.645. The standard InChI is InChI=1S/C6H8N2O/c9-6-7-5-3-1-2-4-8(5)6/h2,4-5H,1,3H2,(H,7,9). The molecule has 0 aromatic rings. The highest BCUT2D eigenvalue weighted by atomic mass is 16.2. The van der Waals surface area contributed by atoms with Crippen LogP contribution in [0.1, 0.15) is 12.8 Å². The van der Waals surface area contributed by atoms with Crippen LogP contribution in [0.2, 0.25) is 0 Å². The van der Waals surface area contributed by atoms with Crippen molar-refractivity contribution < 1.29 is 4.79 Å². The molecule has 0 saturated carbocycles. The van der Waals surface area contributed by atoms with Crippen molar-refractivity contribution in [3.05, 3.63) is 12.3 Å². The minimum absolute atomic E-state index is 0.0379. The number of allylic oxidation sites excluding steroid dienone is 1. The molecule has 0 aliphatic carbocycles. The van der Waals surface area contributed by atoms with Gasteiger partial charge < -0.3 is 5.32 Å². The summed E-state index contributed by atoms with van der Waals surface area (Å²) in [4.78, 5) is 12.4. The van der Waals surface area contributed by atoms with Crippen LogP contribution in [-0.2, 0) is 0 Å². The van der Waals surface area contributed by atoms with Gasteiger partial charge in [-0.15, -0.1) is 0 Å². The molecule has 9 heavy (non-hydrogen) atoms. The van der Waals surface area contributed by atoms with Crippen LogP contribution < -0.4 is 5.32 Å². The fourth-order valence-corrected chi connectivity index (χ4v) is 1.19. The van der Waals surface area contributed by atoms with Gasteiger partial charge in [0.05, 0.1) is 0 Å². The molecule has 2 amide bonds. The molecule has 1 unspecified atom stereocenters. The lowest BCUT2D eigenvalue weighted by Gasteiger charge is -2.41. The number of nitrogens with one attached hydrogen (secondary N) is 1. The third-order valence-corrected chi connectivity index (χ3v) is 1.73. The second-order valence-corrected chi connectivity index (χ2v) is 2.33. The molecule has 2 aliphatic rings. The Kier molecular flexibility index (Phi) is 0.806. The number of nitrogens with zero attached hydrogens (tertiary/aromatic N) is 1. The zero-order valence-corrected chi connectivity index (χ0v) is 5.00. The smallest absolute Gasteiger partial charge is 0.317 e. The lowest BCUT2D eigenvalue weighted by Crippen LogP contribution is -2.63. The summed E-state index contributed by atoms with van der Waals surface area (Å²) in [6.45, 7) is 0. The Morgan fingerprint density at radius 1 is 1.78 bits per heavy atom. The summed E-state index contributed by atoms with van der Waals surface area (Å²) < 4.78 is 0. The molecule has 1 atom stereocenters. The Labute approximate surface area is 53.3 Å². The zero-order chi connectivity index (χ0) is 6.27. The molecule has 2 rings (SSSR count). The molecule has 2 heterocycles. The van der Waals surface area contributed by atoms with Crippen LogP contribution in [0, 0.1) is 0 Å². The van der Waals surface area contributed by atoms with Gasteiger partial charge in [0.15, 0.2) is 0 Å². The number of carbonyl (C=O) groups excluding carboxylic acids is 1. The van der Waals surface area contributed by atoms with Crippen LogP contribution in [0.15, 0.2) is 12.3 Å². The van der Waals surface area contributed by atoms with Gasteiger partial charge in [0, 0.05) is 6.20 Å². The van der Waals surface area contributed by atoms with Crippen molar-refractivity contribution in [2.45, 2.75) is 19.0 Å². The second kappa shape index (κ2) is 1.50. The van der Waals surface area contributed by atoms with Crippen molar-refractivity contribution in [3.8, 4) is 0 Å². The molecule has 0 bridgehead atoms. The molecule has 0 radical (unpaired) electrons. The molecule has 48 valence electrons. The largest absolute Gasteiger partial charge is 0.324 e. The summed E-state index contributed by atoms with van der Waals surface area (Å²) in [5.41, 5.74) is 0. The second-order valence-electron chi connectivity index (χ2n) is 2.33. The van der Waals surface area contributed by atoms with Gasteiger partial charge in [0.2, 0.25) is 0 Å². The van der Waals surface area contributed by atoms with E-state index in [0.717, 1.165) is 12.8 Å². The molecule has 3 heteroatoms. The minimum Gasteiger partial charge on any atom is -0.317 e. The van der Waals surface area contributed by atoms with Crippen molar-refractivity contribution in [1.29, 1.82) is 0 Å². The van der Waals surface area contributed by atoms with Gasteiger partial charge >= 0.3 is 6.03 Å². The predicted molar refractivity (Wildman–Crippen MR) is 32.5 cm³/mol. The topological polar surface area (TPSA) is 32.3 Å². The van der Waals surface area contributed by atoms with Gasteiger partial charge in [-0.25, -0.2) is 4.79 Å². The SMILES string of the molecule is O=C1NC2CCC=CN12. The van der Waals surface area contributed by atoms with Crippen molar-refractivity contribution in [2.24, 2.45) is 0 Å². The maximum absolute atomic E-state index is 10.6. The Morgan fingerprint density at radius 3 is 3.22 bits per heavy atom. The summed E-state index contributed by atoms with van der Waals surface area (Å²) >= 11 is 0.